The number of carbonyl (C=O) groups excluding carboxylic acids is 1. The van der Waals surface area contributed by atoms with Crippen molar-refractivity contribution in [2.45, 2.75) is 91.3 Å². The number of carboxylic acid groups (broad SMARTS) is 1. The predicted molar refractivity (Wildman–Crippen MR) is 107 cm³/mol. The molecule has 7 nitrogen and oxygen atoms in total. The number of aliphatic hydroxyl groups excluding tert-OH is 1. The predicted octanol–water partition coefficient (Wildman–Crippen LogP) is 0.391. The van der Waals surface area contributed by atoms with Gasteiger partial charge in [0.25, 0.3) is 0 Å². The van der Waals surface area contributed by atoms with Gasteiger partial charge in [0.1, 0.15) is 6.10 Å². The molecule has 0 aromatic heterocycles. The first-order valence-electron chi connectivity index (χ1n) is 10.9. The molecule has 5 unspecified atom stereocenters. The maximum atomic E-state index is 10.3. The molecule has 0 saturated carbocycles. The Labute approximate surface area is 171 Å². The minimum atomic E-state index is -1.02. The summed E-state index contributed by atoms with van der Waals surface area (Å²) in [6.45, 7) is 14.8. The molecule has 1 aliphatic rings. The lowest BCUT2D eigenvalue weighted by Gasteiger charge is -2.42. The third kappa shape index (κ3) is 10.2. The van der Waals surface area contributed by atoms with E-state index in [1.54, 1.807) is 12.0 Å². The number of unbranched alkanes of at least 4 members (excludes halogenated alkanes) is 2. The van der Waals surface area contributed by atoms with Crippen LogP contribution in [-0.4, -0.2) is 69.0 Å². The van der Waals surface area contributed by atoms with E-state index in [1.807, 2.05) is 13.8 Å². The van der Waals surface area contributed by atoms with E-state index in [0.717, 1.165) is 19.3 Å². The Kier molecular flexibility index (Phi) is 15.7. The van der Waals surface area contributed by atoms with Gasteiger partial charge in [0.15, 0.2) is 6.29 Å². The standard InChI is InChI=1S/C15H28O6.C6H15N/c1-4-11-14(13(18)10(2)15(19-3)21-11)20-9-7-5-6-8-12(16)17;1-4-7(5-2)6-3/h10-11,13-15,18H,4-9H2,1-3H3,(H,16,17);4-6H2,1-3H3. The van der Waals surface area contributed by atoms with E-state index in [0.29, 0.717) is 13.0 Å². The van der Waals surface area contributed by atoms with Crippen LogP contribution in [0.2, 0.25) is 0 Å². The van der Waals surface area contributed by atoms with Crippen LogP contribution in [-0.2, 0) is 19.0 Å². The number of aliphatic carboxylic acids is 1. The first kappa shape index (κ1) is 27.3. The summed E-state index contributed by atoms with van der Waals surface area (Å²) >= 11 is 0. The average Bonchev–Trinajstić information content (AvgIpc) is 2.69. The zero-order valence-corrected chi connectivity index (χ0v) is 18.7. The smallest absolute Gasteiger partial charge is 0.162 e. The van der Waals surface area contributed by atoms with Gasteiger partial charge in [-0.25, -0.2) is 0 Å². The summed E-state index contributed by atoms with van der Waals surface area (Å²) in [5.74, 6) is -1.17. The van der Waals surface area contributed by atoms with Gasteiger partial charge in [-0.1, -0.05) is 20.3 Å². The van der Waals surface area contributed by atoms with E-state index < -0.39 is 18.4 Å². The van der Waals surface area contributed by atoms with Crippen LogP contribution >= 0.6 is 0 Å². The number of rotatable bonds is 12. The number of nitrogens with one attached hydrogen (secondary N) is 1. The van der Waals surface area contributed by atoms with Crippen LogP contribution in [0.25, 0.3) is 0 Å². The maximum Gasteiger partial charge on any atom is 0.162 e. The summed E-state index contributed by atoms with van der Waals surface area (Å²) in [6, 6.07) is 0. The Morgan fingerprint density at radius 3 is 2.14 bits per heavy atom. The molecule has 0 spiro atoms. The van der Waals surface area contributed by atoms with Crippen molar-refractivity contribution < 1.29 is 34.1 Å². The van der Waals surface area contributed by atoms with E-state index in [9.17, 15) is 15.0 Å². The van der Waals surface area contributed by atoms with Gasteiger partial charge in [-0.2, -0.15) is 0 Å². The fraction of sp³-hybridized carbons (Fsp3) is 0.952. The van der Waals surface area contributed by atoms with Gasteiger partial charge in [-0.15, -0.1) is 0 Å². The van der Waals surface area contributed by atoms with Gasteiger partial charge >= 0.3 is 0 Å². The monoisotopic (exact) mass is 405 g/mol. The summed E-state index contributed by atoms with van der Waals surface area (Å²) in [5.41, 5.74) is 0. The van der Waals surface area contributed by atoms with Gasteiger partial charge in [-0.05, 0) is 46.5 Å². The van der Waals surface area contributed by atoms with Crippen LogP contribution in [0.1, 0.15) is 66.7 Å². The molecule has 5 atom stereocenters. The molecule has 0 radical (unpaired) electrons. The summed E-state index contributed by atoms with van der Waals surface area (Å²) in [6.07, 6.45) is 1.35. The van der Waals surface area contributed by atoms with E-state index >= 15 is 0 Å². The number of carboxylic acids is 1. The Balaban J connectivity index is 0.000000887. The lowest BCUT2D eigenvalue weighted by Crippen LogP contribution is -3.11. The minimum absolute atomic E-state index is 0.0826. The molecule has 28 heavy (non-hydrogen) atoms. The number of ether oxygens (including phenoxy) is 3. The zero-order chi connectivity index (χ0) is 21.5. The van der Waals surface area contributed by atoms with Crippen LogP contribution in [0, 0.1) is 5.92 Å². The Morgan fingerprint density at radius 2 is 1.71 bits per heavy atom. The van der Waals surface area contributed by atoms with Gasteiger partial charge in [0.2, 0.25) is 0 Å². The minimum Gasteiger partial charge on any atom is -0.550 e. The van der Waals surface area contributed by atoms with Crippen molar-refractivity contribution >= 4 is 5.97 Å². The molecule has 1 aliphatic heterocycles. The summed E-state index contributed by atoms with van der Waals surface area (Å²) in [4.78, 5) is 12.0. The van der Waals surface area contributed by atoms with E-state index in [1.165, 1.54) is 19.6 Å². The third-order valence-electron chi connectivity index (χ3n) is 5.45. The molecular formula is C21H43NO6. The number of hydrogen-bond donors (Lipinski definition) is 2. The Bertz CT molecular complexity index is 384. The molecule has 0 aliphatic carbocycles. The number of aliphatic hydroxyl groups is 1. The number of carbonyl (C=O) groups is 1. The molecule has 7 heteroatoms. The van der Waals surface area contributed by atoms with Crippen LogP contribution in [0.5, 0.6) is 0 Å². The second kappa shape index (κ2) is 16.1. The number of hydrogen-bond acceptors (Lipinski definition) is 6. The molecule has 1 saturated heterocycles. The average molecular weight is 406 g/mol. The van der Waals surface area contributed by atoms with E-state index in [4.69, 9.17) is 14.2 Å². The van der Waals surface area contributed by atoms with Crippen molar-refractivity contribution in [3.05, 3.63) is 0 Å². The van der Waals surface area contributed by atoms with Gasteiger partial charge in [0.05, 0.1) is 31.8 Å². The number of quaternary nitrogens is 1. The summed E-state index contributed by atoms with van der Waals surface area (Å²) in [5, 5.41) is 20.6. The van der Waals surface area contributed by atoms with Crippen molar-refractivity contribution in [1.29, 1.82) is 0 Å². The van der Waals surface area contributed by atoms with E-state index in [-0.39, 0.29) is 24.5 Å². The van der Waals surface area contributed by atoms with Crippen LogP contribution < -0.4 is 10.0 Å². The first-order valence-corrected chi connectivity index (χ1v) is 10.9. The quantitative estimate of drug-likeness (QED) is 0.457. The fourth-order valence-electron chi connectivity index (χ4n) is 3.38. The van der Waals surface area contributed by atoms with Crippen molar-refractivity contribution in [3.63, 3.8) is 0 Å². The molecule has 0 aromatic carbocycles. The molecule has 1 rings (SSSR count). The van der Waals surface area contributed by atoms with Crippen molar-refractivity contribution in [3.8, 4) is 0 Å². The second-order valence-corrected chi connectivity index (χ2v) is 7.37. The van der Waals surface area contributed by atoms with Crippen LogP contribution in [0.3, 0.4) is 0 Å². The molecule has 0 bridgehead atoms. The third-order valence-corrected chi connectivity index (χ3v) is 5.45. The lowest BCUT2D eigenvalue weighted by atomic mass is 9.91. The molecule has 168 valence electrons. The highest BCUT2D eigenvalue weighted by molar-refractivity contribution is 5.63. The van der Waals surface area contributed by atoms with Crippen LogP contribution in [0.15, 0.2) is 0 Å². The highest BCUT2D eigenvalue weighted by Crippen LogP contribution is 2.29. The van der Waals surface area contributed by atoms with Gasteiger partial charge in [0, 0.05) is 25.6 Å². The summed E-state index contributed by atoms with van der Waals surface area (Å²) < 4.78 is 16.8. The fourth-order valence-corrected chi connectivity index (χ4v) is 3.38. The largest absolute Gasteiger partial charge is 0.550 e. The van der Waals surface area contributed by atoms with Crippen molar-refractivity contribution in [2.75, 3.05) is 33.4 Å². The van der Waals surface area contributed by atoms with Crippen LogP contribution in [0.4, 0.5) is 0 Å². The van der Waals surface area contributed by atoms with Crippen molar-refractivity contribution in [2.24, 2.45) is 5.92 Å². The van der Waals surface area contributed by atoms with Gasteiger partial charge < -0.3 is 34.1 Å². The first-order chi connectivity index (χ1) is 13.4. The van der Waals surface area contributed by atoms with Gasteiger partial charge in [-0.3, -0.25) is 0 Å². The SMILES string of the molecule is CCC1OC(OC)C(C)C(O)C1OCCCCCC(=O)[O-].CC[NH+](CC)CC. The Hall–Kier alpha value is -0.730. The summed E-state index contributed by atoms with van der Waals surface area (Å²) in [7, 11) is 1.57. The maximum absolute atomic E-state index is 10.3. The highest BCUT2D eigenvalue weighted by atomic mass is 16.7. The molecular weight excluding hydrogens is 362 g/mol. The van der Waals surface area contributed by atoms with Crippen molar-refractivity contribution in [1.82, 2.24) is 0 Å². The van der Waals surface area contributed by atoms with E-state index in [2.05, 4.69) is 20.8 Å². The molecule has 1 heterocycles. The zero-order valence-electron chi connectivity index (χ0n) is 18.7. The highest BCUT2D eigenvalue weighted by Gasteiger charge is 2.42. The Morgan fingerprint density at radius 1 is 1.11 bits per heavy atom. The molecule has 1 fully saturated rings. The second-order valence-electron chi connectivity index (χ2n) is 7.37. The lowest BCUT2D eigenvalue weighted by molar-refractivity contribution is -0.894. The number of methoxy groups -OCH3 is 1. The topological polar surface area (TPSA) is 92.5 Å². The molecule has 2 N–H and O–H groups in total. The molecule has 0 aromatic rings. The normalized spacial score (nSPS) is 27.4. The molecule has 0 amide bonds.